The summed E-state index contributed by atoms with van der Waals surface area (Å²) in [5, 5.41) is 0. The molecule has 0 spiro atoms. The van der Waals surface area contributed by atoms with Gasteiger partial charge in [-0.25, -0.2) is 0 Å². The third-order valence-corrected chi connectivity index (χ3v) is 2.97. The summed E-state index contributed by atoms with van der Waals surface area (Å²) >= 11 is 0. The first-order chi connectivity index (χ1) is 8.22. The van der Waals surface area contributed by atoms with Crippen molar-refractivity contribution >= 4 is 5.91 Å². The minimum atomic E-state index is 0. The summed E-state index contributed by atoms with van der Waals surface area (Å²) in [6.45, 7) is 12.0. The van der Waals surface area contributed by atoms with Crippen molar-refractivity contribution in [3.8, 4) is 0 Å². The van der Waals surface area contributed by atoms with Gasteiger partial charge in [-0.05, 0) is 12.8 Å². The quantitative estimate of drug-likeness (QED) is 0.544. The molecule has 2 nitrogen and oxygen atoms in total. The van der Waals surface area contributed by atoms with Gasteiger partial charge in [0.25, 0.3) is 0 Å². The van der Waals surface area contributed by atoms with Crippen molar-refractivity contribution in [2.45, 2.75) is 31.7 Å². The van der Waals surface area contributed by atoms with Crippen molar-refractivity contribution in [2.75, 3.05) is 6.54 Å². The Morgan fingerprint density at radius 2 is 2.22 bits per heavy atom. The second-order valence-electron chi connectivity index (χ2n) is 4.18. The minimum Gasteiger partial charge on any atom is -0.347 e. The third kappa shape index (κ3) is 5.11. The Bertz CT molecular complexity index is 322. The molecule has 0 aromatic heterocycles. The van der Waals surface area contributed by atoms with E-state index in [0.29, 0.717) is 6.42 Å². The molecule has 1 amide bonds. The van der Waals surface area contributed by atoms with E-state index in [1.807, 2.05) is 11.3 Å². The van der Waals surface area contributed by atoms with Crippen molar-refractivity contribution in [1.29, 1.82) is 0 Å². The predicted octanol–water partition coefficient (Wildman–Crippen LogP) is 3.09. The Kier molecular flexibility index (Phi) is 9.40. The molecule has 3 heteroatoms. The van der Waals surface area contributed by atoms with Gasteiger partial charge >= 0.3 is 0 Å². The molecule has 0 aliphatic carbocycles. The number of amides is 1. The van der Waals surface area contributed by atoms with Gasteiger partial charge in [0.1, 0.15) is 0 Å². The molecule has 18 heavy (non-hydrogen) atoms. The van der Waals surface area contributed by atoms with E-state index >= 15 is 0 Å². The van der Waals surface area contributed by atoms with Gasteiger partial charge in [0.05, 0.1) is 0 Å². The van der Waals surface area contributed by atoms with Gasteiger partial charge in [-0.15, -0.1) is 6.58 Å². The molecule has 1 radical (unpaired) electrons. The summed E-state index contributed by atoms with van der Waals surface area (Å²) < 4.78 is 0. The molecule has 0 aromatic carbocycles. The second kappa shape index (κ2) is 9.58. The molecule has 1 heterocycles. The summed E-state index contributed by atoms with van der Waals surface area (Å²) in [5.74, 6) is 0.167. The smallest absolute Gasteiger partial charge is 0.225 e. The molecular weight excluding hydrogens is 299 g/mol. The molecule has 0 N–H and O–H groups in total. The van der Waals surface area contributed by atoms with Crippen LogP contribution < -0.4 is 0 Å². The van der Waals surface area contributed by atoms with Crippen LogP contribution >= 0.6 is 0 Å². The van der Waals surface area contributed by atoms with Crippen molar-refractivity contribution in [3.05, 3.63) is 50.3 Å². The molecule has 0 bridgehead atoms. The molecule has 1 rings (SSSR count). The normalized spacial score (nSPS) is 19.1. The molecule has 1 aliphatic rings. The monoisotopic (exact) mass is 320 g/mol. The van der Waals surface area contributed by atoms with E-state index in [4.69, 9.17) is 0 Å². The van der Waals surface area contributed by atoms with Crippen LogP contribution in [0, 0.1) is 13.3 Å². The fraction of sp³-hybridized carbons (Fsp3) is 0.400. The van der Waals surface area contributed by atoms with Gasteiger partial charge in [0, 0.05) is 51.7 Å². The van der Waals surface area contributed by atoms with Crippen molar-refractivity contribution in [2.24, 2.45) is 0 Å². The molecule has 0 saturated carbocycles. The van der Waals surface area contributed by atoms with Crippen molar-refractivity contribution in [3.63, 3.8) is 0 Å². The zero-order chi connectivity index (χ0) is 12.7. The number of hydrogen-bond donors (Lipinski definition) is 0. The maximum atomic E-state index is 11.9. The predicted molar refractivity (Wildman–Crippen MR) is 72.1 cm³/mol. The SMILES string of the molecule is C=C[CH-]/C(=C/[C@@H]1CCCN1C(=O)CC=C)C[CH2-].[Y]. The second-order valence-corrected chi connectivity index (χ2v) is 4.18. The molecule has 1 aliphatic heterocycles. The largest absolute Gasteiger partial charge is 0.347 e. The van der Waals surface area contributed by atoms with Gasteiger partial charge in [-0.2, -0.15) is 37.1 Å². The van der Waals surface area contributed by atoms with Crippen LogP contribution in [0.25, 0.3) is 0 Å². The zero-order valence-corrected chi connectivity index (χ0v) is 13.8. The summed E-state index contributed by atoms with van der Waals surface area (Å²) in [6, 6.07) is 0.218. The van der Waals surface area contributed by atoms with Gasteiger partial charge in [0.2, 0.25) is 5.91 Å². The zero-order valence-electron chi connectivity index (χ0n) is 11.0. The number of allylic oxidation sites excluding steroid dienone is 2. The molecule has 1 fully saturated rings. The summed E-state index contributed by atoms with van der Waals surface area (Å²) in [6.07, 6.45) is 10.8. The number of carbonyl (C=O) groups is 1. The average Bonchev–Trinajstić information content (AvgIpc) is 2.77. The van der Waals surface area contributed by atoms with Crippen LogP contribution in [0.5, 0.6) is 0 Å². The van der Waals surface area contributed by atoms with Gasteiger partial charge in [-0.3, -0.25) is 4.79 Å². The van der Waals surface area contributed by atoms with Crippen LogP contribution in [-0.2, 0) is 37.5 Å². The first-order valence-corrected chi connectivity index (χ1v) is 6.09. The van der Waals surface area contributed by atoms with Crippen molar-refractivity contribution < 1.29 is 37.5 Å². The van der Waals surface area contributed by atoms with E-state index in [1.165, 1.54) is 0 Å². The van der Waals surface area contributed by atoms with Gasteiger partial charge in [0.15, 0.2) is 0 Å². The Hall–Kier alpha value is -0.336. The van der Waals surface area contributed by atoms with E-state index in [0.717, 1.165) is 31.4 Å². The summed E-state index contributed by atoms with van der Waals surface area (Å²) in [7, 11) is 0. The average molecular weight is 320 g/mol. The van der Waals surface area contributed by atoms with Crippen LogP contribution in [0.4, 0.5) is 0 Å². The molecule has 0 aromatic rings. The Morgan fingerprint density at radius 3 is 2.78 bits per heavy atom. The van der Waals surface area contributed by atoms with Crippen LogP contribution in [0.1, 0.15) is 25.7 Å². The van der Waals surface area contributed by atoms with E-state index < -0.39 is 0 Å². The first kappa shape index (κ1) is 17.7. The molecular formula is C15H21NOY-2. The fourth-order valence-electron chi connectivity index (χ4n) is 2.14. The molecule has 1 atom stereocenters. The Labute approximate surface area is 136 Å². The molecule has 97 valence electrons. The van der Waals surface area contributed by atoms with Crippen LogP contribution in [0.2, 0.25) is 0 Å². The third-order valence-electron chi connectivity index (χ3n) is 2.97. The summed E-state index contributed by atoms with van der Waals surface area (Å²) in [4.78, 5) is 13.8. The number of nitrogens with zero attached hydrogens (tertiary/aromatic N) is 1. The van der Waals surface area contributed by atoms with Crippen LogP contribution in [-0.4, -0.2) is 23.4 Å². The van der Waals surface area contributed by atoms with E-state index in [2.05, 4.69) is 26.2 Å². The van der Waals surface area contributed by atoms with Crippen LogP contribution in [0.3, 0.4) is 0 Å². The van der Waals surface area contributed by atoms with E-state index in [1.54, 1.807) is 12.2 Å². The molecule has 1 saturated heterocycles. The number of carbonyl (C=O) groups excluding carboxylic acids is 1. The van der Waals surface area contributed by atoms with Crippen LogP contribution in [0.15, 0.2) is 37.0 Å². The number of rotatable bonds is 6. The van der Waals surface area contributed by atoms with E-state index in [9.17, 15) is 4.79 Å². The first-order valence-electron chi connectivity index (χ1n) is 6.09. The number of hydrogen-bond acceptors (Lipinski definition) is 1. The Morgan fingerprint density at radius 1 is 1.50 bits per heavy atom. The standard InChI is InChI=1S/C15H21NO.Y/c1-4-8-13(6-3)12-14-10-7-11-16(14)15(17)9-5-2;/h4-5,8,12,14H,1-3,6-7,9-11H2;/q-2;/b13-12+;/t14-;/m0./s1. The topological polar surface area (TPSA) is 20.3 Å². The van der Waals surface area contributed by atoms with Gasteiger partial charge < -0.3 is 11.8 Å². The Balaban J connectivity index is 0.00000289. The summed E-state index contributed by atoms with van der Waals surface area (Å²) in [5.41, 5.74) is 1.14. The minimum absolute atomic E-state index is 0. The molecule has 0 unspecified atom stereocenters. The van der Waals surface area contributed by atoms with E-state index in [-0.39, 0.29) is 44.7 Å². The maximum absolute atomic E-state index is 11.9. The fourth-order valence-corrected chi connectivity index (χ4v) is 2.14. The van der Waals surface area contributed by atoms with Crippen molar-refractivity contribution in [1.82, 2.24) is 4.90 Å². The van der Waals surface area contributed by atoms with Gasteiger partial charge in [-0.1, -0.05) is 6.08 Å². The number of likely N-dealkylation sites (tertiary alicyclic amines) is 1. The maximum Gasteiger partial charge on any atom is 0.225 e.